The monoisotopic (exact) mass is 327 g/mol. The fraction of sp³-hybridized carbons (Fsp3) is 0.111. The molecule has 5 heteroatoms. The van der Waals surface area contributed by atoms with E-state index in [2.05, 4.69) is 5.32 Å². The number of rotatable bonds is 6. The first kappa shape index (κ1) is 16.8. The Morgan fingerprint density at radius 3 is 2.52 bits per heavy atom. The van der Waals surface area contributed by atoms with E-state index >= 15 is 0 Å². The average molecular weight is 327 g/mol. The minimum Gasteiger partial charge on any atom is -0.477 e. The van der Waals surface area contributed by atoms with E-state index in [0.29, 0.717) is 5.69 Å². The maximum absolute atomic E-state index is 12.0. The molecule has 0 aliphatic heterocycles. The van der Waals surface area contributed by atoms with Gasteiger partial charge in [-0.25, -0.2) is 4.79 Å². The van der Waals surface area contributed by atoms with Gasteiger partial charge >= 0.3 is 5.97 Å². The van der Waals surface area contributed by atoms with Gasteiger partial charge in [0.2, 0.25) is 5.91 Å². The molecule has 2 rings (SSSR count). The third kappa shape index (κ3) is 5.64. The van der Waals surface area contributed by atoms with Gasteiger partial charge in [-0.1, -0.05) is 42.5 Å². The van der Waals surface area contributed by atoms with Crippen molar-refractivity contribution >= 4 is 35.4 Å². The number of amides is 1. The molecule has 2 aromatic rings. The lowest BCUT2D eigenvalue weighted by Crippen LogP contribution is -2.15. The van der Waals surface area contributed by atoms with Gasteiger partial charge in [-0.15, -0.1) is 11.8 Å². The van der Waals surface area contributed by atoms with E-state index in [1.54, 1.807) is 12.1 Å². The number of hydrogen-bond acceptors (Lipinski definition) is 3. The van der Waals surface area contributed by atoms with Crippen molar-refractivity contribution in [2.45, 2.75) is 6.92 Å². The summed E-state index contributed by atoms with van der Waals surface area (Å²) in [5, 5.41) is 12.0. The van der Waals surface area contributed by atoms with Crippen LogP contribution in [-0.2, 0) is 9.59 Å². The number of anilines is 1. The Kier molecular flexibility index (Phi) is 6.00. The zero-order valence-electron chi connectivity index (χ0n) is 12.7. The Hall–Kier alpha value is -2.53. The number of carbonyl (C=O) groups excluding carboxylic acids is 1. The van der Waals surface area contributed by atoms with Gasteiger partial charge in [-0.3, -0.25) is 4.79 Å². The van der Waals surface area contributed by atoms with Gasteiger partial charge in [0.05, 0.1) is 10.7 Å². The number of hydrogen-bond donors (Lipinski definition) is 2. The second-order valence-corrected chi connectivity index (χ2v) is 5.95. The molecule has 0 saturated carbocycles. The summed E-state index contributed by atoms with van der Waals surface area (Å²) < 4.78 is 0. The molecule has 0 saturated heterocycles. The Balaban J connectivity index is 1.98. The highest BCUT2D eigenvalue weighted by atomic mass is 32.2. The maximum Gasteiger partial charge on any atom is 0.342 e. The summed E-state index contributed by atoms with van der Waals surface area (Å²) in [5.41, 5.74) is 2.54. The Morgan fingerprint density at radius 2 is 1.87 bits per heavy atom. The van der Waals surface area contributed by atoms with Crippen molar-refractivity contribution in [3.63, 3.8) is 0 Å². The van der Waals surface area contributed by atoms with Crippen LogP contribution in [0.1, 0.15) is 11.1 Å². The van der Waals surface area contributed by atoms with Crippen LogP contribution in [0.5, 0.6) is 0 Å². The average Bonchev–Trinajstić information content (AvgIpc) is 2.52. The van der Waals surface area contributed by atoms with Crippen molar-refractivity contribution in [3.05, 3.63) is 70.6 Å². The molecule has 23 heavy (non-hydrogen) atoms. The van der Waals surface area contributed by atoms with Gasteiger partial charge in [0, 0.05) is 5.69 Å². The minimum absolute atomic E-state index is 0.0406. The van der Waals surface area contributed by atoms with Crippen LogP contribution < -0.4 is 5.32 Å². The fourth-order valence-corrected chi connectivity index (χ4v) is 2.63. The number of carboxylic acid groups (broad SMARTS) is 1. The van der Waals surface area contributed by atoms with E-state index < -0.39 is 5.97 Å². The largest absolute Gasteiger partial charge is 0.477 e. The second-order valence-electron chi connectivity index (χ2n) is 4.93. The summed E-state index contributed by atoms with van der Waals surface area (Å²) in [5.74, 6) is -1.23. The molecule has 0 aromatic heterocycles. The predicted octanol–water partition coefficient (Wildman–Crippen LogP) is 3.79. The van der Waals surface area contributed by atoms with Crippen LogP contribution in [0, 0.1) is 6.92 Å². The number of benzene rings is 2. The lowest BCUT2D eigenvalue weighted by atomic mass is 10.2. The second kappa shape index (κ2) is 8.19. The number of carboxylic acids is 1. The molecule has 0 aliphatic rings. The Labute approximate surface area is 139 Å². The molecule has 1 amide bonds. The summed E-state index contributed by atoms with van der Waals surface area (Å²) in [7, 11) is 0. The molecule has 0 radical (unpaired) electrons. The highest BCUT2D eigenvalue weighted by Crippen LogP contribution is 2.20. The van der Waals surface area contributed by atoms with Crippen LogP contribution in [0.4, 0.5) is 5.69 Å². The van der Waals surface area contributed by atoms with Gasteiger partial charge < -0.3 is 10.4 Å². The number of thioether (sulfide) groups is 1. The first-order valence-electron chi connectivity index (χ1n) is 7.04. The van der Waals surface area contributed by atoms with Crippen molar-refractivity contribution in [3.8, 4) is 0 Å². The zero-order chi connectivity index (χ0) is 16.7. The van der Waals surface area contributed by atoms with Gasteiger partial charge in [0.25, 0.3) is 0 Å². The molecule has 2 N–H and O–H groups in total. The zero-order valence-corrected chi connectivity index (χ0v) is 13.5. The van der Waals surface area contributed by atoms with E-state index in [-0.39, 0.29) is 16.6 Å². The summed E-state index contributed by atoms with van der Waals surface area (Å²) in [6.45, 7) is 1.94. The van der Waals surface area contributed by atoms with E-state index in [9.17, 15) is 14.7 Å². The Morgan fingerprint density at radius 1 is 1.13 bits per heavy atom. The number of nitrogens with one attached hydrogen (secondary N) is 1. The molecule has 0 atom stereocenters. The predicted molar refractivity (Wildman–Crippen MR) is 94.3 cm³/mol. The van der Waals surface area contributed by atoms with Gasteiger partial charge in [-0.05, 0) is 36.3 Å². The molecule has 0 unspecified atom stereocenters. The van der Waals surface area contributed by atoms with Crippen LogP contribution >= 0.6 is 11.8 Å². The van der Waals surface area contributed by atoms with Crippen LogP contribution in [0.2, 0.25) is 0 Å². The first-order valence-corrected chi connectivity index (χ1v) is 8.02. The lowest BCUT2D eigenvalue weighted by Gasteiger charge is -2.06. The van der Waals surface area contributed by atoms with Crippen molar-refractivity contribution < 1.29 is 14.7 Å². The standard InChI is InChI=1S/C18H17NO3S/c1-13-6-5-9-15(10-13)19-17(20)12-23-16(18(21)22)11-14-7-3-2-4-8-14/h2-11H,12H2,1H3,(H,19,20)(H,21,22)/b16-11+. The normalized spacial score (nSPS) is 11.1. The summed E-state index contributed by atoms with van der Waals surface area (Å²) in [4.78, 5) is 23.4. The summed E-state index contributed by atoms with van der Waals surface area (Å²) >= 11 is 1.01. The maximum atomic E-state index is 12.0. The van der Waals surface area contributed by atoms with E-state index in [4.69, 9.17) is 0 Å². The van der Waals surface area contributed by atoms with Gasteiger partial charge in [0.1, 0.15) is 0 Å². The topological polar surface area (TPSA) is 66.4 Å². The van der Waals surface area contributed by atoms with Crippen molar-refractivity contribution in [2.75, 3.05) is 11.1 Å². The van der Waals surface area contributed by atoms with Crippen molar-refractivity contribution in [1.82, 2.24) is 0 Å². The molecule has 0 fully saturated rings. The molecular weight excluding hydrogens is 310 g/mol. The summed E-state index contributed by atoms with van der Waals surface area (Å²) in [6.07, 6.45) is 1.56. The minimum atomic E-state index is -1.04. The fourth-order valence-electron chi connectivity index (χ4n) is 1.93. The number of aryl methyl sites for hydroxylation is 1. The highest BCUT2D eigenvalue weighted by Gasteiger charge is 2.11. The number of carbonyl (C=O) groups is 2. The smallest absolute Gasteiger partial charge is 0.342 e. The van der Waals surface area contributed by atoms with E-state index in [1.807, 2.05) is 55.5 Å². The third-order valence-corrected chi connectivity index (χ3v) is 3.98. The lowest BCUT2D eigenvalue weighted by molar-refractivity contribution is -0.131. The van der Waals surface area contributed by atoms with Crippen molar-refractivity contribution in [2.24, 2.45) is 0 Å². The van der Waals surface area contributed by atoms with E-state index in [0.717, 1.165) is 22.9 Å². The van der Waals surface area contributed by atoms with Crippen LogP contribution in [-0.4, -0.2) is 22.7 Å². The molecule has 0 aliphatic carbocycles. The third-order valence-electron chi connectivity index (χ3n) is 2.97. The summed E-state index contributed by atoms with van der Waals surface area (Å²) in [6, 6.07) is 16.6. The number of aliphatic carboxylic acids is 1. The van der Waals surface area contributed by atoms with Crippen LogP contribution in [0.3, 0.4) is 0 Å². The molecule has 4 nitrogen and oxygen atoms in total. The van der Waals surface area contributed by atoms with Crippen molar-refractivity contribution in [1.29, 1.82) is 0 Å². The molecular formula is C18H17NO3S. The highest BCUT2D eigenvalue weighted by molar-refractivity contribution is 8.04. The van der Waals surface area contributed by atoms with Gasteiger partial charge in [0.15, 0.2) is 0 Å². The molecule has 0 heterocycles. The van der Waals surface area contributed by atoms with E-state index in [1.165, 1.54) is 0 Å². The van der Waals surface area contributed by atoms with Crippen LogP contribution in [0.25, 0.3) is 6.08 Å². The molecule has 2 aromatic carbocycles. The van der Waals surface area contributed by atoms with Gasteiger partial charge in [-0.2, -0.15) is 0 Å². The van der Waals surface area contributed by atoms with Crippen LogP contribution in [0.15, 0.2) is 59.5 Å². The quantitative estimate of drug-likeness (QED) is 0.792. The molecule has 0 bridgehead atoms. The SMILES string of the molecule is Cc1cccc(NC(=O)CS/C(=C/c2ccccc2)C(=O)O)c1. The Bertz CT molecular complexity index is 726. The molecule has 0 spiro atoms. The molecule has 118 valence electrons. The first-order chi connectivity index (χ1) is 11.0.